The second kappa shape index (κ2) is 8.12. The van der Waals surface area contributed by atoms with Gasteiger partial charge in [0.05, 0.1) is 6.04 Å². The average Bonchev–Trinajstić information content (AvgIpc) is 3.51. The third kappa shape index (κ3) is 3.04. The summed E-state index contributed by atoms with van der Waals surface area (Å²) >= 11 is 13.2. The largest absolute Gasteiger partial charge is 0.324 e. The van der Waals surface area contributed by atoms with Crippen LogP contribution in [-0.2, 0) is 10.3 Å². The number of carbonyl (C=O) groups is 1. The van der Waals surface area contributed by atoms with E-state index in [2.05, 4.69) is 27.8 Å². The molecule has 0 saturated carbocycles. The number of amides is 1. The van der Waals surface area contributed by atoms with Gasteiger partial charge in [0.25, 0.3) is 0 Å². The van der Waals surface area contributed by atoms with Crippen molar-refractivity contribution in [2.75, 3.05) is 18.9 Å². The van der Waals surface area contributed by atoms with Gasteiger partial charge >= 0.3 is 0 Å². The predicted octanol–water partition coefficient (Wildman–Crippen LogP) is 5.58. The van der Waals surface area contributed by atoms with Crippen molar-refractivity contribution in [1.82, 2.24) is 10.3 Å². The minimum atomic E-state index is -0.865. The quantitative estimate of drug-likeness (QED) is 0.503. The summed E-state index contributed by atoms with van der Waals surface area (Å²) in [4.78, 5) is 16.0. The van der Waals surface area contributed by atoms with E-state index in [0.717, 1.165) is 28.1 Å². The van der Waals surface area contributed by atoms with E-state index in [1.807, 2.05) is 67.7 Å². The summed E-state index contributed by atoms with van der Waals surface area (Å²) in [6, 6.07) is 23.7. The number of para-hydroxylation sites is 1. The average molecular weight is 491 g/mol. The molecular weight excluding hydrogens is 467 g/mol. The zero-order chi connectivity index (χ0) is 23.4. The van der Waals surface area contributed by atoms with Gasteiger partial charge in [0, 0.05) is 51.8 Å². The molecule has 6 rings (SSSR count). The smallest absolute Gasteiger partial charge is 0.250 e. The summed E-state index contributed by atoms with van der Waals surface area (Å²) in [5.41, 5.74) is 7.31. The van der Waals surface area contributed by atoms with Gasteiger partial charge in [-0.15, -0.1) is 0 Å². The van der Waals surface area contributed by atoms with E-state index < -0.39 is 5.54 Å². The number of anilines is 1. The SMILES string of the molecule is CN1C[C@H](c2ccccc2Cl)[C@@H](C2=NNC(c3ccccc3Cl)C2)[C@@]12C(=O)Nc1ccccc12. The molecule has 1 amide bonds. The molecule has 3 aliphatic heterocycles. The van der Waals surface area contributed by atoms with E-state index in [0.29, 0.717) is 23.0 Å². The molecule has 3 heterocycles. The topological polar surface area (TPSA) is 56.7 Å². The van der Waals surface area contributed by atoms with E-state index in [-0.39, 0.29) is 23.8 Å². The van der Waals surface area contributed by atoms with Crippen molar-refractivity contribution < 1.29 is 4.79 Å². The molecule has 3 aromatic carbocycles. The van der Waals surface area contributed by atoms with E-state index in [9.17, 15) is 4.79 Å². The Morgan fingerprint density at radius 1 is 0.941 bits per heavy atom. The number of likely N-dealkylation sites (tertiary alicyclic amines) is 1. The molecule has 3 aromatic rings. The number of benzene rings is 3. The Kier molecular flexibility index (Phi) is 5.17. The first-order chi connectivity index (χ1) is 16.5. The first-order valence-electron chi connectivity index (χ1n) is 11.4. The van der Waals surface area contributed by atoms with Gasteiger partial charge in [0.2, 0.25) is 5.91 Å². The van der Waals surface area contributed by atoms with E-state index in [1.54, 1.807) is 0 Å². The van der Waals surface area contributed by atoms with Crippen LogP contribution in [0.1, 0.15) is 35.1 Å². The molecule has 34 heavy (non-hydrogen) atoms. The fraction of sp³-hybridized carbons (Fsp3) is 0.259. The molecular formula is C27H24Cl2N4O. The molecule has 0 bridgehead atoms. The first kappa shape index (κ1) is 21.7. The normalized spacial score (nSPS) is 28.0. The van der Waals surface area contributed by atoms with Crippen LogP contribution in [0, 0.1) is 5.92 Å². The van der Waals surface area contributed by atoms with Crippen LogP contribution in [0.2, 0.25) is 10.0 Å². The lowest BCUT2D eigenvalue weighted by Gasteiger charge is -2.36. The molecule has 5 nitrogen and oxygen atoms in total. The van der Waals surface area contributed by atoms with Gasteiger partial charge in [0.1, 0.15) is 5.54 Å². The monoisotopic (exact) mass is 490 g/mol. The van der Waals surface area contributed by atoms with Crippen molar-refractivity contribution in [2.24, 2.45) is 11.0 Å². The van der Waals surface area contributed by atoms with Crippen molar-refractivity contribution in [2.45, 2.75) is 23.9 Å². The van der Waals surface area contributed by atoms with Crippen molar-refractivity contribution in [1.29, 1.82) is 0 Å². The molecule has 172 valence electrons. The molecule has 2 N–H and O–H groups in total. The molecule has 0 radical (unpaired) electrons. The van der Waals surface area contributed by atoms with Crippen LogP contribution >= 0.6 is 23.2 Å². The zero-order valence-corrected chi connectivity index (χ0v) is 20.1. The van der Waals surface area contributed by atoms with Crippen molar-refractivity contribution in [3.05, 3.63) is 99.5 Å². The summed E-state index contributed by atoms with van der Waals surface area (Å²) in [6.07, 6.45) is 0.667. The third-order valence-corrected chi connectivity index (χ3v) is 8.27. The number of halogens is 2. The maximum absolute atomic E-state index is 13.8. The van der Waals surface area contributed by atoms with Gasteiger partial charge in [-0.25, -0.2) is 0 Å². The summed E-state index contributed by atoms with van der Waals surface area (Å²) in [5.74, 6) is -0.207. The highest BCUT2D eigenvalue weighted by atomic mass is 35.5. The number of fused-ring (bicyclic) bond motifs is 2. The van der Waals surface area contributed by atoms with Gasteiger partial charge in [-0.3, -0.25) is 9.69 Å². The fourth-order valence-electron chi connectivity index (χ4n) is 6.15. The number of rotatable bonds is 3. The van der Waals surface area contributed by atoms with Crippen molar-refractivity contribution in [3.63, 3.8) is 0 Å². The molecule has 7 heteroatoms. The molecule has 4 atom stereocenters. The number of hydrogen-bond acceptors (Lipinski definition) is 4. The van der Waals surface area contributed by atoms with Crippen molar-refractivity contribution in [3.8, 4) is 0 Å². The van der Waals surface area contributed by atoms with Crippen LogP contribution in [-0.4, -0.2) is 30.1 Å². The van der Waals surface area contributed by atoms with E-state index >= 15 is 0 Å². The summed E-state index contributed by atoms with van der Waals surface area (Å²) in [5, 5.41) is 9.41. The molecule has 1 fully saturated rings. The Morgan fingerprint density at radius 3 is 2.32 bits per heavy atom. The number of hydrazone groups is 1. The number of carbonyl (C=O) groups excluding carboxylic acids is 1. The summed E-state index contributed by atoms with van der Waals surface area (Å²) in [7, 11) is 2.03. The van der Waals surface area contributed by atoms with Gasteiger partial charge in [0.15, 0.2) is 0 Å². The fourth-order valence-corrected chi connectivity index (χ4v) is 6.69. The standard InChI is InChI=1S/C27H24Cl2N4O/c1-33-15-18(16-8-2-5-11-20(16)28)25(27(33)19-10-4-7-13-22(19)30-26(27)34)24-14-23(31-32-24)17-9-3-6-12-21(17)29/h2-13,18,23,25,31H,14-15H2,1H3,(H,30,34)/t18-,23?,25+,27+/m1/s1. The first-order valence-corrected chi connectivity index (χ1v) is 12.2. The highest BCUT2D eigenvalue weighted by molar-refractivity contribution is 6.31. The van der Waals surface area contributed by atoms with Crippen LogP contribution in [0.25, 0.3) is 0 Å². The number of hydrogen-bond donors (Lipinski definition) is 2. The second-order valence-corrected chi connectivity index (χ2v) is 10.1. The molecule has 1 unspecified atom stereocenters. The Balaban J connectivity index is 1.49. The maximum Gasteiger partial charge on any atom is 0.250 e. The Morgan fingerprint density at radius 2 is 1.59 bits per heavy atom. The molecule has 0 aliphatic carbocycles. The molecule has 1 saturated heterocycles. The Hall–Kier alpha value is -2.86. The van der Waals surface area contributed by atoms with Crippen LogP contribution < -0.4 is 10.7 Å². The van der Waals surface area contributed by atoms with Gasteiger partial charge in [-0.2, -0.15) is 5.10 Å². The van der Waals surface area contributed by atoms with E-state index in [1.165, 1.54) is 0 Å². The van der Waals surface area contributed by atoms with Gasteiger partial charge in [-0.05, 0) is 36.4 Å². The lowest BCUT2D eigenvalue weighted by Crippen LogP contribution is -2.51. The minimum absolute atomic E-state index is 0.00107. The number of nitrogens with zero attached hydrogens (tertiary/aromatic N) is 2. The van der Waals surface area contributed by atoms with E-state index in [4.69, 9.17) is 28.3 Å². The second-order valence-electron chi connectivity index (χ2n) is 9.26. The molecule has 0 aromatic heterocycles. The minimum Gasteiger partial charge on any atom is -0.324 e. The summed E-state index contributed by atoms with van der Waals surface area (Å²) < 4.78 is 0. The number of nitrogens with one attached hydrogen (secondary N) is 2. The molecule has 3 aliphatic rings. The molecule has 1 spiro atoms. The van der Waals surface area contributed by atoms with Crippen LogP contribution in [0.4, 0.5) is 5.69 Å². The van der Waals surface area contributed by atoms with Crippen LogP contribution in [0.5, 0.6) is 0 Å². The lowest BCUT2D eigenvalue weighted by atomic mass is 9.70. The van der Waals surface area contributed by atoms with Crippen LogP contribution in [0.15, 0.2) is 77.9 Å². The Labute approximate surface area is 208 Å². The van der Waals surface area contributed by atoms with Crippen LogP contribution in [0.3, 0.4) is 0 Å². The van der Waals surface area contributed by atoms with Gasteiger partial charge < -0.3 is 10.7 Å². The predicted molar refractivity (Wildman–Crippen MR) is 136 cm³/mol. The van der Waals surface area contributed by atoms with Crippen molar-refractivity contribution >= 4 is 40.5 Å². The third-order valence-electron chi connectivity index (χ3n) is 7.58. The highest BCUT2D eigenvalue weighted by Crippen LogP contribution is 2.56. The van der Waals surface area contributed by atoms with Gasteiger partial charge in [-0.1, -0.05) is 77.8 Å². The number of likely N-dealkylation sites (N-methyl/N-ethyl adjacent to an activating group) is 1. The summed E-state index contributed by atoms with van der Waals surface area (Å²) in [6.45, 7) is 0.686. The zero-order valence-electron chi connectivity index (χ0n) is 18.6. The Bertz CT molecular complexity index is 1330. The highest BCUT2D eigenvalue weighted by Gasteiger charge is 2.64. The lowest BCUT2D eigenvalue weighted by molar-refractivity contribution is -0.126. The maximum atomic E-state index is 13.8.